The van der Waals surface area contributed by atoms with Crippen LogP contribution in [0.15, 0.2) is 17.5 Å². The van der Waals surface area contributed by atoms with Gasteiger partial charge in [-0.3, -0.25) is 9.69 Å². The molecule has 0 spiro atoms. The Morgan fingerprint density at radius 2 is 2.54 bits per heavy atom. The predicted molar refractivity (Wildman–Crippen MR) is 52.6 cm³/mol. The summed E-state index contributed by atoms with van der Waals surface area (Å²) in [5, 5.41) is 4.88. The molecule has 1 aromatic heterocycles. The van der Waals surface area contributed by atoms with Gasteiger partial charge in [0.05, 0.1) is 6.54 Å². The van der Waals surface area contributed by atoms with Gasteiger partial charge in [-0.15, -0.1) is 11.3 Å². The minimum Gasteiger partial charge on any atom is -0.354 e. The maximum atomic E-state index is 11.1. The third-order valence-corrected chi connectivity index (χ3v) is 2.94. The van der Waals surface area contributed by atoms with Crippen molar-refractivity contribution in [2.75, 3.05) is 19.6 Å². The molecule has 0 radical (unpaired) electrons. The Kier molecular flexibility index (Phi) is 2.61. The van der Waals surface area contributed by atoms with E-state index in [2.05, 4.69) is 21.7 Å². The number of nitrogens with zero attached hydrogens (tertiary/aromatic N) is 1. The fourth-order valence-electron chi connectivity index (χ4n) is 1.45. The highest BCUT2D eigenvalue weighted by molar-refractivity contribution is 7.09. The van der Waals surface area contributed by atoms with E-state index >= 15 is 0 Å². The average molecular weight is 196 g/mol. The van der Waals surface area contributed by atoms with Gasteiger partial charge in [0.25, 0.3) is 0 Å². The maximum Gasteiger partial charge on any atom is 0.234 e. The van der Waals surface area contributed by atoms with Gasteiger partial charge in [0.2, 0.25) is 5.91 Å². The van der Waals surface area contributed by atoms with Crippen LogP contribution in [0.5, 0.6) is 0 Å². The van der Waals surface area contributed by atoms with Crippen LogP contribution in [0, 0.1) is 0 Å². The molecule has 1 aliphatic heterocycles. The molecule has 13 heavy (non-hydrogen) atoms. The number of hydrogen-bond donors (Lipinski definition) is 1. The zero-order chi connectivity index (χ0) is 9.10. The fraction of sp³-hybridized carbons (Fsp3) is 0.444. The van der Waals surface area contributed by atoms with Crippen LogP contribution < -0.4 is 5.32 Å². The van der Waals surface area contributed by atoms with Crippen molar-refractivity contribution in [2.45, 2.75) is 6.54 Å². The summed E-state index contributed by atoms with van der Waals surface area (Å²) in [4.78, 5) is 14.6. The van der Waals surface area contributed by atoms with Crippen LogP contribution in [0.25, 0.3) is 0 Å². The highest BCUT2D eigenvalue weighted by Gasteiger charge is 2.15. The molecule has 2 heterocycles. The first-order valence-corrected chi connectivity index (χ1v) is 5.24. The zero-order valence-electron chi connectivity index (χ0n) is 7.32. The minimum atomic E-state index is 0.141. The van der Waals surface area contributed by atoms with Crippen molar-refractivity contribution in [3.63, 3.8) is 0 Å². The lowest BCUT2D eigenvalue weighted by molar-refractivity contribution is -0.124. The lowest BCUT2D eigenvalue weighted by Gasteiger charge is -2.25. The molecule has 2 rings (SSSR count). The second-order valence-electron chi connectivity index (χ2n) is 3.14. The van der Waals surface area contributed by atoms with Crippen LogP contribution in [0.2, 0.25) is 0 Å². The average Bonchev–Trinajstić information content (AvgIpc) is 2.57. The van der Waals surface area contributed by atoms with E-state index < -0.39 is 0 Å². The van der Waals surface area contributed by atoms with Crippen LogP contribution in [0.4, 0.5) is 0 Å². The summed E-state index contributed by atoms with van der Waals surface area (Å²) in [5.74, 6) is 0.141. The van der Waals surface area contributed by atoms with Crippen LogP contribution in [-0.2, 0) is 11.3 Å². The van der Waals surface area contributed by atoms with Gasteiger partial charge in [0.15, 0.2) is 0 Å². The minimum absolute atomic E-state index is 0.141. The first kappa shape index (κ1) is 8.72. The molecule has 0 atom stereocenters. The molecule has 1 fully saturated rings. The largest absolute Gasteiger partial charge is 0.354 e. The van der Waals surface area contributed by atoms with E-state index in [9.17, 15) is 4.79 Å². The van der Waals surface area contributed by atoms with Gasteiger partial charge in [-0.25, -0.2) is 0 Å². The van der Waals surface area contributed by atoms with Gasteiger partial charge < -0.3 is 5.32 Å². The maximum absolute atomic E-state index is 11.1. The lowest BCUT2D eigenvalue weighted by atomic mass is 10.3. The zero-order valence-corrected chi connectivity index (χ0v) is 8.14. The fourth-order valence-corrected chi connectivity index (χ4v) is 2.20. The predicted octanol–water partition coefficient (Wildman–Crippen LogP) is 0.680. The van der Waals surface area contributed by atoms with E-state index in [0.717, 1.165) is 19.6 Å². The number of carbonyl (C=O) groups excluding carboxylic acids is 1. The molecule has 3 nitrogen and oxygen atoms in total. The summed E-state index contributed by atoms with van der Waals surface area (Å²) in [6.45, 7) is 3.19. The Bertz CT molecular complexity index is 284. The quantitative estimate of drug-likeness (QED) is 0.754. The second kappa shape index (κ2) is 3.89. The van der Waals surface area contributed by atoms with Crippen LogP contribution >= 0.6 is 11.3 Å². The first-order valence-electron chi connectivity index (χ1n) is 4.36. The van der Waals surface area contributed by atoms with Gasteiger partial charge in [-0.1, -0.05) is 6.07 Å². The van der Waals surface area contributed by atoms with Gasteiger partial charge in [0, 0.05) is 24.5 Å². The van der Waals surface area contributed by atoms with Crippen molar-refractivity contribution in [3.8, 4) is 0 Å². The van der Waals surface area contributed by atoms with E-state index in [1.165, 1.54) is 4.88 Å². The molecule has 1 N–H and O–H groups in total. The van der Waals surface area contributed by atoms with Gasteiger partial charge in [-0.05, 0) is 11.4 Å². The number of carbonyl (C=O) groups is 1. The lowest BCUT2D eigenvalue weighted by Crippen LogP contribution is -2.46. The molecule has 1 saturated heterocycles. The van der Waals surface area contributed by atoms with E-state index in [0.29, 0.717) is 6.54 Å². The molecule has 0 aliphatic carbocycles. The first-order chi connectivity index (χ1) is 6.34. The van der Waals surface area contributed by atoms with Gasteiger partial charge in [-0.2, -0.15) is 0 Å². The molecule has 0 aromatic carbocycles. The molecule has 0 saturated carbocycles. The Hall–Kier alpha value is -0.870. The van der Waals surface area contributed by atoms with E-state index in [-0.39, 0.29) is 5.91 Å². The molecule has 70 valence electrons. The number of nitrogens with one attached hydrogen (secondary N) is 1. The summed E-state index contributed by atoms with van der Waals surface area (Å²) in [5.41, 5.74) is 0. The third kappa shape index (κ3) is 2.29. The molecule has 1 aromatic rings. The van der Waals surface area contributed by atoms with E-state index in [1.807, 2.05) is 6.07 Å². The standard InChI is InChI=1S/C9H12N2OS/c12-9-7-11(4-3-10-9)6-8-2-1-5-13-8/h1-2,5H,3-4,6-7H2,(H,10,12). The Balaban J connectivity index is 1.91. The van der Waals surface area contributed by atoms with Crippen molar-refractivity contribution in [1.29, 1.82) is 0 Å². The normalized spacial score (nSPS) is 18.6. The number of thiophene rings is 1. The second-order valence-corrected chi connectivity index (χ2v) is 4.17. The van der Waals surface area contributed by atoms with Crippen molar-refractivity contribution >= 4 is 17.2 Å². The molecule has 0 unspecified atom stereocenters. The number of amides is 1. The van der Waals surface area contributed by atoms with E-state index in [4.69, 9.17) is 0 Å². The molecular formula is C9H12N2OS. The summed E-state index contributed by atoms with van der Waals surface area (Å²) in [6, 6.07) is 4.15. The Morgan fingerprint density at radius 1 is 1.62 bits per heavy atom. The molecule has 1 aliphatic rings. The third-order valence-electron chi connectivity index (χ3n) is 2.08. The number of piperazine rings is 1. The monoisotopic (exact) mass is 196 g/mol. The number of rotatable bonds is 2. The van der Waals surface area contributed by atoms with Gasteiger partial charge in [0.1, 0.15) is 0 Å². The van der Waals surface area contributed by atoms with Crippen molar-refractivity contribution in [2.24, 2.45) is 0 Å². The highest BCUT2D eigenvalue weighted by Crippen LogP contribution is 2.11. The van der Waals surface area contributed by atoms with Crippen LogP contribution in [0.1, 0.15) is 4.88 Å². The smallest absolute Gasteiger partial charge is 0.234 e. The summed E-state index contributed by atoms with van der Waals surface area (Å²) in [7, 11) is 0. The topological polar surface area (TPSA) is 32.3 Å². The van der Waals surface area contributed by atoms with Crippen LogP contribution in [0.3, 0.4) is 0 Å². The Morgan fingerprint density at radius 3 is 3.23 bits per heavy atom. The SMILES string of the molecule is O=C1CN(Cc2cccs2)CCN1. The molecule has 1 amide bonds. The Labute approximate surface area is 81.4 Å². The summed E-state index contributed by atoms with van der Waals surface area (Å²) >= 11 is 1.74. The molecule has 0 bridgehead atoms. The molecular weight excluding hydrogens is 184 g/mol. The van der Waals surface area contributed by atoms with Crippen molar-refractivity contribution < 1.29 is 4.79 Å². The van der Waals surface area contributed by atoms with Crippen LogP contribution in [-0.4, -0.2) is 30.4 Å². The highest BCUT2D eigenvalue weighted by atomic mass is 32.1. The number of hydrogen-bond acceptors (Lipinski definition) is 3. The van der Waals surface area contributed by atoms with Crippen molar-refractivity contribution in [3.05, 3.63) is 22.4 Å². The van der Waals surface area contributed by atoms with Crippen molar-refractivity contribution in [1.82, 2.24) is 10.2 Å². The van der Waals surface area contributed by atoms with Gasteiger partial charge >= 0.3 is 0 Å². The molecule has 4 heteroatoms. The van der Waals surface area contributed by atoms with E-state index in [1.54, 1.807) is 11.3 Å². The summed E-state index contributed by atoms with van der Waals surface area (Å²) < 4.78 is 0. The summed E-state index contributed by atoms with van der Waals surface area (Å²) in [6.07, 6.45) is 0.